The molecule has 0 heterocycles. The SMILES string of the molecule is [C-]#[N+]c1cc(Br)cc(F)c1OC. The third-order valence-corrected chi connectivity index (χ3v) is 1.77. The molecule has 0 spiro atoms. The molecule has 62 valence electrons. The number of hydrogen-bond acceptors (Lipinski definition) is 1. The van der Waals surface area contributed by atoms with Crippen molar-refractivity contribution < 1.29 is 9.13 Å². The molecule has 0 saturated carbocycles. The first-order valence-corrected chi connectivity index (χ1v) is 3.89. The molecule has 2 nitrogen and oxygen atoms in total. The second-order valence-corrected chi connectivity index (χ2v) is 2.97. The second-order valence-electron chi connectivity index (χ2n) is 2.05. The summed E-state index contributed by atoms with van der Waals surface area (Å²) in [7, 11) is 1.33. The van der Waals surface area contributed by atoms with Crippen molar-refractivity contribution in [1.82, 2.24) is 0 Å². The van der Waals surface area contributed by atoms with Crippen LogP contribution >= 0.6 is 15.9 Å². The van der Waals surface area contributed by atoms with Gasteiger partial charge in [-0.05, 0) is 12.1 Å². The average Bonchev–Trinajstić information content (AvgIpc) is 2.03. The fraction of sp³-hybridized carbons (Fsp3) is 0.125. The third kappa shape index (κ3) is 1.56. The molecular formula is C8H5BrFNO. The van der Waals surface area contributed by atoms with Crippen molar-refractivity contribution in [2.24, 2.45) is 0 Å². The van der Waals surface area contributed by atoms with Crippen molar-refractivity contribution >= 4 is 21.6 Å². The lowest BCUT2D eigenvalue weighted by atomic mass is 10.3. The van der Waals surface area contributed by atoms with Crippen molar-refractivity contribution in [2.75, 3.05) is 7.11 Å². The zero-order valence-corrected chi connectivity index (χ0v) is 7.85. The molecule has 1 aromatic carbocycles. The van der Waals surface area contributed by atoms with Gasteiger partial charge in [0.05, 0.1) is 13.7 Å². The van der Waals surface area contributed by atoms with Crippen LogP contribution in [0.3, 0.4) is 0 Å². The summed E-state index contributed by atoms with van der Waals surface area (Å²) in [4.78, 5) is 3.12. The van der Waals surface area contributed by atoms with E-state index in [1.807, 2.05) is 0 Å². The number of methoxy groups -OCH3 is 1. The Kier molecular flexibility index (Phi) is 2.66. The minimum atomic E-state index is -0.530. The lowest BCUT2D eigenvalue weighted by molar-refractivity contribution is 0.389. The summed E-state index contributed by atoms with van der Waals surface area (Å²) >= 11 is 3.08. The van der Waals surface area contributed by atoms with Crippen LogP contribution in [0.25, 0.3) is 4.85 Å². The highest BCUT2D eigenvalue weighted by atomic mass is 79.9. The van der Waals surface area contributed by atoms with Gasteiger partial charge in [-0.15, -0.1) is 0 Å². The van der Waals surface area contributed by atoms with Gasteiger partial charge >= 0.3 is 0 Å². The maximum atomic E-state index is 13.0. The normalized spacial score (nSPS) is 9.17. The monoisotopic (exact) mass is 229 g/mol. The highest BCUT2D eigenvalue weighted by Gasteiger charge is 2.09. The standard InChI is InChI=1S/C8H5BrFNO/c1-11-7-4-5(9)3-6(10)8(7)12-2/h3-4H,2H3. The van der Waals surface area contributed by atoms with Crippen molar-refractivity contribution in [3.8, 4) is 5.75 Å². The zero-order valence-electron chi connectivity index (χ0n) is 6.27. The number of benzene rings is 1. The Morgan fingerprint density at radius 2 is 2.25 bits per heavy atom. The van der Waals surface area contributed by atoms with Gasteiger partial charge in [0.2, 0.25) is 5.69 Å². The summed E-state index contributed by atoms with van der Waals surface area (Å²) in [5.74, 6) is -0.536. The van der Waals surface area contributed by atoms with Gasteiger partial charge in [-0.3, -0.25) is 0 Å². The molecule has 0 radical (unpaired) electrons. The Hall–Kier alpha value is -1.08. The molecule has 0 aliphatic heterocycles. The number of rotatable bonds is 1. The highest BCUT2D eigenvalue weighted by molar-refractivity contribution is 9.10. The summed E-state index contributed by atoms with van der Waals surface area (Å²) in [6.45, 7) is 6.74. The van der Waals surface area contributed by atoms with Gasteiger partial charge in [0.1, 0.15) is 0 Å². The Labute approximate surface area is 77.9 Å². The number of hydrogen-bond donors (Lipinski definition) is 0. The van der Waals surface area contributed by atoms with Gasteiger partial charge in [0.25, 0.3) is 0 Å². The van der Waals surface area contributed by atoms with E-state index in [9.17, 15) is 4.39 Å². The number of halogens is 2. The van der Waals surface area contributed by atoms with Crippen molar-refractivity contribution in [2.45, 2.75) is 0 Å². The fourth-order valence-corrected chi connectivity index (χ4v) is 1.25. The van der Waals surface area contributed by atoms with E-state index in [1.54, 1.807) is 0 Å². The first kappa shape index (κ1) is 9.01. The lowest BCUT2D eigenvalue weighted by Gasteiger charge is -2.03. The van der Waals surface area contributed by atoms with Gasteiger partial charge in [0, 0.05) is 4.47 Å². The summed E-state index contributed by atoms with van der Waals surface area (Å²) in [5, 5.41) is 0. The largest absolute Gasteiger partial charge is 0.505 e. The maximum absolute atomic E-state index is 13.0. The quantitative estimate of drug-likeness (QED) is 0.675. The molecule has 4 heteroatoms. The topological polar surface area (TPSA) is 13.6 Å². The molecule has 0 aliphatic rings. The van der Waals surface area contributed by atoms with E-state index in [4.69, 9.17) is 11.3 Å². The second kappa shape index (κ2) is 3.55. The Bertz CT molecular complexity index is 346. The molecule has 0 fully saturated rings. The van der Waals surface area contributed by atoms with E-state index in [1.165, 1.54) is 19.2 Å². The maximum Gasteiger partial charge on any atom is 0.232 e. The van der Waals surface area contributed by atoms with Gasteiger partial charge in [-0.25, -0.2) is 9.24 Å². The summed E-state index contributed by atoms with van der Waals surface area (Å²) in [6, 6.07) is 2.77. The van der Waals surface area contributed by atoms with Crippen molar-refractivity contribution in [3.05, 3.63) is 33.8 Å². The van der Waals surface area contributed by atoms with Gasteiger partial charge < -0.3 is 4.74 Å². The molecule has 1 aromatic rings. The predicted octanol–water partition coefficient (Wildman–Crippen LogP) is 3.15. The molecule has 0 saturated heterocycles. The van der Waals surface area contributed by atoms with E-state index < -0.39 is 5.82 Å². The zero-order chi connectivity index (χ0) is 9.14. The molecule has 0 N–H and O–H groups in total. The van der Waals surface area contributed by atoms with E-state index in [2.05, 4.69) is 20.8 Å². The van der Waals surface area contributed by atoms with Crippen LogP contribution < -0.4 is 4.74 Å². The van der Waals surface area contributed by atoms with Crippen molar-refractivity contribution in [3.63, 3.8) is 0 Å². The minimum absolute atomic E-state index is 0.00630. The third-order valence-electron chi connectivity index (χ3n) is 1.31. The van der Waals surface area contributed by atoms with Crippen LogP contribution in [0.1, 0.15) is 0 Å². The first-order valence-electron chi connectivity index (χ1n) is 3.09. The van der Waals surface area contributed by atoms with Crippen LogP contribution in [0.4, 0.5) is 10.1 Å². The minimum Gasteiger partial charge on any atom is -0.505 e. The number of ether oxygens (including phenoxy) is 1. The summed E-state index contributed by atoms with van der Waals surface area (Å²) in [6.07, 6.45) is 0. The van der Waals surface area contributed by atoms with Crippen LogP contribution in [0.15, 0.2) is 16.6 Å². The van der Waals surface area contributed by atoms with E-state index in [0.29, 0.717) is 4.47 Å². The average molecular weight is 230 g/mol. The number of nitrogens with zero attached hydrogens (tertiary/aromatic N) is 1. The van der Waals surface area contributed by atoms with Crippen LogP contribution in [-0.2, 0) is 0 Å². The smallest absolute Gasteiger partial charge is 0.232 e. The predicted molar refractivity (Wildman–Crippen MR) is 46.9 cm³/mol. The van der Waals surface area contributed by atoms with Crippen LogP contribution in [0.2, 0.25) is 0 Å². The molecule has 0 atom stereocenters. The summed E-state index contributed by atoms with van der Waals surface area (Å²) < 4.78 is 18.2. The molecule has 0 unspecified atom stereocenters. The van der Waals surface area contributed by atoms with E-state index in [0.717, 1.165) is 0 Å². The molecule has 0 aromatic heterocycles. The van der Waals surface area contributed by atoms with Gasteiger partial charge in [-0.2, -0.15) is 0 Å². The van der Waals surface area contributed by atoms with Gasteiger partial charge in [0.15, 0.2) is 11.6 Å². The van der Waals surface area contributed by atoms with E-state index in [-0.39, 0.29) is 11.4 Å². The molecule has 0 amide bonds. The lowest BCUT2D eigenvalue weighted by Crippen LogP contribution is -1.87. The molecule has 1 rings (SSSR count). The Balaban J connectivity index is 3.36. The fourth-order valence-electron chi connectivity index (χ4n) is 0.832. The summed E-state index contributed by atoms with van der Waals surface area (Å²) in [5.41, 5.74) is 0.171. The van der Waals surface area contributed by atoms with E-state index >= 15 is 0 Å². The van der Waals surface area contributed by atoms with Gasteiger partial charge in [-0.1, -0.05) is 15.9 Å². The molecule has 0 bridgehead atoms. The van der Waals surface area contributed by atoms with Crippen molar-refractivity contribution in [1.29, 1.82) is 0 Å². The molecular weight excluding hydrogens is 225 g/mol. The van der Waals surface area contributed by atoms with Crippen LogP contribution in [0, 0.1) is 12.4 Å². The Morgan fingerprint density at radius 3 is 2.75 bits per heavy atom. The van der Waals surface area contributed by atoms with Crippen LogP contribution in [0.5, 0.6) is 5.75 Å². The molecule has 12 heavy (non-hydrogen) atoms. The highest BCUT2D eigenvalue weighted by Crippen LogP contribution is 2.33. The first-order chi connectivity index (χ1) is 5.69. The Morgan fingerprint density at radius 1 is 1.58 bits per heavy atom. The molecule has 0 aliphatic carbocycles. The van der Waals surface area contributed by atoms with Crippen LogP contribution in [-0.4, -0.2) is 7.11 Å².